The molecule has 0 atom stereocenters. The van der Waals surface area contributed by atoms with Gasteiger partial charge in [0.1, 0.15) is 5.75 Å². The largest absolute Gasteiger partial charge is 0.497 e. The van der Waals surface area contributed by atoms with Crippen LogP contribution >= 0.6 is 0 Å². The molecule has 6 nitrogen and oxygen atoms in total. The molecule has 1 aliphatic heterocycles. The number of rotatable bonds is 7. The number of nitrogens with zero attached hydrogens (tertiary/aromatic N) is 2. The lowest BCUT2D eigenvalue weighted by Crippen LogP contribution is -2.43. The average Bonchev–Trinajstić information content (AvgIpc) is 2.64. The Balaban J connectivity index is 1.78. The van der Waals surface area contributed by atoms with Crippen LogP contribution in [0, 0.1) is 5.92 Å². The van der Waals surface area contributed by atoms with Crippen molar-refractivity contribution in [3.05, 3.63) is 29.8 Å². The minimum absolute atomic E-state index is 0.00346. The number of carbonyl (C=O) groups excluding carboxylic acids is 2. The highest BCUT2D eigenvalue weighted by atomic mass is 16.5. The Bertz CT molecular complexity index is 581. The van der Waals surface area contributed by atoms with Crippen molar-refractivity contribution in [3.8, 4) is 5.75 Å². The van der Waals surface area contributed by atoms with E-state index in [-0.39, 0.29) is 17.7 Å². The third kappa shape index (κ3) is 5.74. The molecule has 1 aromatic rings. The van der Waals surface area contributed by atoms with Crippen molar-refractivity contribution >= 4 is 11.8 Å². The number of amides is 2. The molecule has 0 aromatic heterocycles. The molecule has 0 unspecified atom stereocenters. The van der Waals surface area contributed by atoms with Gasteiger partial charge >= 0.3 is 0 Å². The van der Waals surface area contributed by atoms with E-state index in [9.17, 15) is 9.59 Å². The SMILES string of the molecule is COc1cccc(C(=O)N2CCC(C(=O)NCCCN(C)C)CC2)c1. The standard InChI is InChI=1S/C19H29N3O3/c1-21(2)11-5-10-20-18(23)15-8-12-22(13-9-15)19(24)16-6-4-7-17(14-16)25-3/h4,6-7,14-15H,5,8-13H2,1-3H3,(H,20,23). The summed E-state index contributed by atoms with van der Waals surface area (Å²) in [6.45, 7) is 2.91. The summed E-state index contributed by atoms with van der Waals surface area (Å²) >= 11 is 0. The Morgan fingerprint density at radius 1 is 1.28 bits per heavy atom. The van der Waals surface area contributed by atoms with E-state index in [0.717, 1.165) is 25.8 Å². The van der Waals surface area contributed by atoms with Crippen molar-refractivity contribution in [1.29, 1.82) is 0 Å². The minimum Gasteiger partial charge on any atom is -0.497 e. The van der Waals surface area contributed by atoms with Crippen LogP contribution in [0.3, 0.4) is 0 Å². The van der Waals surface area contributed by atoms with Gasteiger partial charge in [0.05, 0.1) is 7.11 Å². The van der Waals surface area contributed by atoms with E-state index in [2.05, 4.69) is 10.2 Å². The van der Waals surface area contributed by atoms with Crippen molar-refractivity contribution in [1.82, 2.24) is 15.1 Å². The van der Waals surface area contributed by atoms with Gasteiger partial charge in [0.15, 0.2) is 0 Å². The zero-order valence-electron chi connectivity index (χ0n) is 15.5. The van der Waals surface area contributed by atoms with Crippen LogP contribution in [-0.2, 0) is 4.79 Å². The summed E-state index contributed by atoms with van der Waals surface area (Å²) in [4.78, 5) is 28.7. The summed E-state index contributed by atoms with van der Waals surface area (Å²) in [7, 11) is 5.64. The fraction of sp³-hybridized carbons (Fsp3) is 0.579. The van der Waals surface area contributed by atoms with Crippen molar-refractivity contribution in [3.63, 3.8) is 0 Å². The molecular weight excluding hydrogens is 318 g/mol. The van der Waals surface area contributed by atoms with Crippen molar-refractivity contribution in [2.45, 2.75) is 19.3 Å². The fourth-order valence-corrected chi connectivity index (χ4v) is 3.03. The number of methoxy groups -OCH3 is 1. The number of carbonyl (C=O) groups is 2. The van der Waals surface area contributed by atoms with Crippen LogP contribution in [0.1, 0.15) is 29.6 Å². The summed E-state index contributed by atoms with van der Waals surface area (Å²) in [5.41, 5.74) is 0.630. The zero-order valence-corrected chi connectivity index (χ0v) is 15.5. The average molecular weight is 347 g/mol. The van der Waals surface area contributed by atoms with Gasteiger partial charge in [0, 0.05) is 31.1 Å². The summed E-state index contributed by atoms with van der Waals surface area (Å²) < 4.78 is 5.18. The third-order valence-electron chi connectivity index (χ3n) is 4.55. The van der Waals surface area contributed by atoms with E-state index >= 15 is 0 Å². The molecule has 1 aromatic carbocycles. The molecular formula is C19H29N3O3. The van der Waals surface area contributed by atoms with Gasteiger partial charge in [-0.3, -0.25) is 9.59 Å². The lowest BCUT2D eigenvalue weighted by molar-refractivity contribution is -0.126. The van der Waals surface area contributed by atoms with Gasteiger partial charge in [0.2, 0.25) is 5.91 Å². The highest BCUT2D eigenvalue weighted by Gasteiger charge is 2.27. The molecule has 1 N–H and O–H groups in total. The molecule has 0 bridgehead atoms. The maximum absolute atomic E-state index is 12.6. The van der Waals surface area contributed by atoms with E-state index in [1.165, 1.54) is 0 Å². The number of benzene rings is 1. The van der Waals surface area contributed by atoms with E-state index in [4.69, 9.17) is 4.74 Å². The first-order valence-corrected chi connectivity index (χ1v) is 8.87. The normalized spacial score (nSPS) is 15.3. The Morgan fingerprint density at radius 2 is 2.00 bits per heavy atom. The highest BCUT2D eigenvalue weighted by Crippen LogP contribution is 2.21. The Hall–Kier alpha value is -2.08. The second-order valence-corrected chi connectivity index (χ2v) is 6.75. The molecule has 25 heavy (non-hydrogen) atoms. The molecule has 6 heteroatoms. The van der Waals surface area contributed by atoms with E-state index in [1.54, 1.807) is 19.2 Å². The van der Waals surface area contributed by atoms with Crippen molar-refractivity contribution in [2.75, 3.05) is 47.4 Å². The smallest absolute Gasteiger partial charge is 0.253 e. The Labute approximate surface area is 150 Å². The van der Waals surface area contributed by atoms with Crippen LogP contribution in [-0.4, -0.2) is 69.0 Å². The first-order valence-electron chi connectivity index (χ1n) is 8.87. The van der Waals surface area contributed by atoms with Crippen molar-refractivity contribution in [2.24, 2.45) is 5.92 Å². The number of hydrogen-bond acceptors (Lipinski definition) is 4. The van der Waals surface area contributed by atoms with Crippen LogP contribution in [0.5, 0.6) is 5.75 Å². The maximum Gasteiger partial charge on any atom is 0.253 e. The first kappa shape index (κ1) is 19.2. The van der Waals surface area contributed by atoms with Crippen LogP contribution in [0.4, 0.5) is 0 Å². The van der Waals surface area contributed by atoms with Gasteiger partial charge in [-0.25, -0.2) is 0 Å². The zero-order chi connectivity index (χ0) is 18.2. The summed E-state index contributed by atoms with van der Waals surface area (Å²) in [5, 5.41) is 3.01. The summed E-state index contributed by atoms with van der Waals surface area (Å²) in [6.07, 6.45) is 2.39. The predicted molar refractivity (Wildman–Crippen MR) is 97.8 cm³/mol. The van der Waals surface area contributed by atoms with Crippen LogP contribution in [0.15, 0.2) is 24.3 Å². The first-order chi connectivity index (χ1) is 12.0. The molecule has 0 aliphatic carbocycles. The number of piperidine rings is 1. The molecule has 2 amide bonds. The van der Waals surface area contributed by atoms with Gasteiger partial charge in [-0.2, -0.15) is 0 Å². The molecule has 2 rings (SSSR count). The number of likely N-dealkylation sites (tertiary alicyclic amines) is 1. The van der Waals surface area contributed by atoms with Gasteiger partial charge in [-0.05, 0) is 58.1 Å². The number of nitrogens with one attached hydrogen (secondary N) is 1. The quantitative estimate of drug-likeness (QED) is 0.762. The van der Waals surface area contributed by atoms with Gasteiger partial charge in [-0.15, -0.1) is 0 Å². The molecule has 0 saturated carbocycles. The second-order valence-electron chi connectivity index (χ2n) is 6.75. The summed E-state index contributed by atoms with van der Waals surface area (Å²) in [5.74, 6) is 0.808. The maximum atomic E-state index is 12.6. The molecule has 1 aliphatic rings. The topological polar surface area (TPSA) is 61.9 Å². The van der Waals surface area contributed by atoms with E-state index < -0.39 is 0 Å². The predicted octanol–water partition coefficient (Wildman–Crippen LogP) is 1.62. The van der Waals surface area contributed by atoms with Crippen LogP contribution in [0.2, 0.25) is 0 Å². The second kappa shape index (κ2) is 9.42. The lowest BCUT2D eigenvalue weighted by Gasteiger charge is -2.31. The highest BCUT2D eigenvalue weighted by molar-refractivity contribution is 5.94. The van der Waals surface area contributed by atoms with Crippen LogP contribution in [0.25, 0.3) is 0 Å². The van der Waals surface area contributed by atoms with Crippen molar-refractivity contribution < 1.29 is 14.3 Å². The Morgan fingerprint density at radius 3 is 2.64 bits per heavy atom. The molecule has 0 spiro atoms. The molecule has 1 fully saturated rings. The third-order valence-corrected chi connectivity index (χ3v) is 4.55. The molecule has 1 heterocycles. The lowest BCUT2D eigenvalue weighted by atomic mass is 9.95. The monoisotopic (exact) mass is 347 g/mol. The van der Waals surface area contributed by atoms with Crippen LogP contribution < -0.4 is 10.1 Å². The fourth-order valence-electron chi connectivity index (χ4n) is 3.03. The van der Waals surface area contributed by atoms with E-state index in [0.29, 0.717) is 30.9 Å². The summed E-state index contributed by atoms with van der Waals surface area (Å²) in [6, 6.07) is 7.20. The van der Waals surface area contributed by atoms with Gasteiger partial charge < -0.3 is 19.9 Å². The molecule has 138 valence electrons. The minimum atomic E-state index is 0.00346. The Kier molecular flexibility index (Phi) is 7.25. The number of ether oxygens (including phenoxy) is 1. The molecule has 0 radical (unpaired) electrons. The molecule has 1 saturated heterocycles. The van der Waals surface area contributed by atoms with E-state index in [1.807, 2.05) is 31.1 Å². The number of hydrogen-bond donors (Lipinski definition) is 1. The van der Waals surface area contributed by atoms with Gasteiger partial charge in [0.25, 0.3) is 5.91 Å². The van der Waals surface area contributed by atoms with Gasteiger partial charge in [-0.1, -0.05) is 6.07 Å².